The van der Waals surface area contributed by atoms with Crippen molar-refractivity contribution in [2.45, 2.75) is 77.7 Å². The molecule has 0 radical (unpaired) electrons. The molecule has 0 amide bonds. The maximum absolute atomic E-state index is 12.4. The summed E-state index contributed by atoms with van der Waals surface area (Å²) in [5.74, 6) is 3.54. The Morgan fingerprint density at radius 2 is 1.81 bits per heavy atom. The highest BCUT2D eigenvalue weighted by Crippen LogP contribution is 2.65. The molecule has 4 saturated carbocycles. The second-order valence-electron chi connectivity index (χ2n) is 9.00. The molecule has 0 unspecified atom stereocenters. The minimum Gasteiger partial charge on any atom is -0.393 e. The molecule has 7 atom stereocenters. The number of rotatable bonds is 0. The van der Waals surface area contributed by atoms with Crippen LogP contribution in [0.2, 0.25) is 0 Å². The van der Waals surface area contributed by atoms with Crippen molar-refractivity contribution in [1.82, 2.24) is 0 Å². The van der Waals surface area contributed by atoms with E-state index in [9.17, 15) is 9.90 Å². The van der Waals surface area contributed by atoms with Gasteiger partial charge in [-0.25, -0.2) is 0 Å². The summed E-state index contributed by atoms with van der Waals surface area (Å²) in [6.45, 7) is 4.78. The fourth-order valence-corrected chi connectivity index (χ4v) is 7.01. The van der Waals surface area contributed by atoms with Crippen LogP contribution in [0.15, 0.2) is 0 Å². The van der Waals surface area contributed by atoms with Crippen molar-refractivity contribution in [3.8, 4) is 0 Å². The number of hydrogen-bond acceptors (Lipinski definition) is 2. The molecule has 0 spiro atoms. The molecule has 4 rings (SSSR count). The molecule has 118 valence electrons. The minimum atomic E-state index is -0.0541. The standard InChI is InChI=1S/C19H30O2/c1-18-9-7-13(20)11-12(18)3-4-14-15-5-6-17(21)19(15,2)10-8-16(14)18/h12-16,20H,3-11H2,1-2H3/t12-,13+,14+,15+,16+,18+,19-/m0/s1. The minimum absolute atomic E-state index is 0.0124. The lowest BCUT2D eigenvalue weighted by atomic mass is 9.45. The van der Waals surface area contributed by atoms with Crippen LogP contribution in [0.1, 0.15) is 71.6 Å². The summed E-state index contributed by atoms with van der Waals surface area (Å²) in [4.78, 5) is 12.4. The Balaban J connectivity index is 1.64. The highest BCUT2D eigenvalue weighted by molar-refractivity contribution is 5.87. The van der Waals surface area contributed by atoms with E-state index in [4.69, 9.17) is 0 Å². The maximum atomic E-state index is 12.4. The third-order valence-corrected chi connectivity index (χ3v) is 8.35. The second kappa shape index (κ2) is 4.57. The highest BCUT2D eigenvalue weighted by Gasteiger charge is 2.60. The largest absolute Gasteiger partial charge is 0.393 e. The lowest BCUT2D eigenvalue weighted by Crippen LogP contribution is -2.54. The van der Waals surface area contributed by atoms with Gasteiger partial charge in [-0.3, -0.25) is 4.79 Å². The molecule has 1 N–H and O–H groups in total. The van der Waals surface area contributed by atoms with Gasteiger partial charge in [0.05, 0.1) is 6.10 Å². The van der Waals surface area contributed by atoms with Crippen LogP contribution in [0.25, 0.3) is 0 Å². The molecular weight excluding hydrogens is 260 g/mol. The van der Waals surface area contributed by atoms with Crippen LogP contribution < -0.4 is 0 Å². The lowest BCUT2D eigenvalue weighted by molar-refractivity contribution is -0.142. The molecule has 0 saturated heterocycles. The Kier molecular flexibility index (Phi) is 3.10. The summed E-state index contributed by atoms with van der Waals surface area (Å²) in [5, 5.41) is 10.0. The van der Waals surface area contributed by atoms with E-state index < -0.39 is 0 Å². The zero-order chi connectivity index (χ0) is 14.8. The molecule has 0 aromatic rings. The van der Waals surface area contributed by atoms with E-state index in [2.05, 4.69) is 13.8 Å². The summed E-state index contributed by atoms with van der Waals surface area (Å²) >= 11 is 0. The topological polar surface area (TPSA) is 37.3 Å². The molecule has 2 nitrogen and oxygen atoms in total. The normalized spacial score (nSPS) is 56.5. The summed E-state index contributed by atoms with van der Waals surface area (Å²) in [6, 6.07) is 0. The van der Waals surface area contributed by atoms with Gasteiger partial charge in [0.25, 0.3) is 0 Å². The smallest absolute Gasteiger partial charge is 0.139 e. The van der Waals surface area contributed by atoms with Crippen LogP contribution in [-0.2, 0) is 4.79 Å². The first-order valence-electron chi connectivity index (χ1n) is 9.16. The van der Waals surface area contributed by atoms with Gasteiger partial charge >= 0.3 is 0 Å². The number of aliphatic hydroxyl groups is 1. The molecule has 0 aromatic carbocycles. The van der Waals surface area contributed by atoms with Gasteiger partial charge in [0, 0.05) is 11.8 Å². The molecule has 4 aliphatic rings. The van der Waals surface area contributed by atoms with Gasteiger partial charge in [-0.1, -0.05) is 13.8 Å². The second-order valence-corrected chi connectivity index (χ2v) is 9.00. The van der Waals surface area contributed by atoms with Gasteiger partial charge in [0.1, 0.15) is 5.78 Å². The quantitative estimate of drug-likeness (QED) is 0.733. The molecule has 2 heteroatoms. The van der Waals surface area contributed by atoms with E-state index in [1.807, 2.05) is 0 Å². The van der Waals surface area contributed by atoms with Crippen LogP contribution in [0.5, 0.6) is 0 Å². The fourth-order valence-electron chi connectivity index (χ4n) is 7.01. The number of aliphatic hydroxyl groups excluding tert-OH is 1. The number of fused-ring (bicyclic) bond motifs is 5. The number of carbonyl (C=O) groups excluding carboxylic acids is 1. The SMILES string of the molecule is C[C@@]12CC[C@@H](O)C[C@@H]1CC[C@H]1[C@H]2CC[C@]2(C)C(=O)CC[C@H]12. The van der Waals surface area contributed by atoms with Crippen molar-refractivity contribution in [2.75, 3.05) is 0 Å². The number of hydrogen-bond donors (Lipinski definition) is 1. The fraction of sp³-hybridized carbons (Fsp3) is 0.947. The summed E-state index contributed by atoms with van der Waals surface area (Å²) < 4.78 is 0. The molecule has 0 bridgehead atoms. The lowest BCUT2D eigenvalue weighted by Gasteiger charge is -2.60. The molecule has 4 aliphatic carbocycles. The third-order valence-electron chi connectivity index (χ3n) is 8.35. The van der Waals surface area contributed by atoms with Crippen molar-refractivity contribution in [1.29, 1.82) is 0 Å². The Morgan fingerprint density at radius 3 is 2.62 bits per heavy atom. The van der Waals surface area contributed by atoms with Gasteiger partial charge in [-0.2, -0.15) is 0 Å². The zero-order valence-electron chi connectivity index (χ0n) is 13.6. The first kappa shape index (κ1) is 14.2. The first-order valence-corrected chi connectivity index (χ1v) is 9.16. The van der Waals surface area contributed by atoms with E-state index in [1.165, 1.54) is 25.7 Å². The zero-order valence-corrected chi connectivity index (χ0v) is 13.6. The van der Waals surface area contributed by atoms with Gasteiger partial charge in [-0.05, 0) is 80.5 Å². The van der Waals surface area contributed by atoms with Crippen molar-refractivity contribution < 1.29 is 9.90 Å². The number of Topliss-reactive ketones (excluding diaryl/α,β-unsaturated/α-hetero) is 1. The number of carbonyl (C=O) groups is 1. The van der Waals surface area contributed by atoms with E-state index in [0.717, 1.165) is 49.9 Å². The summed E-state index contributed by atoms with van der Waals surface area (Å²) in [5.41, 5.74) is 0.452. The van der Waals surface area contributed by atoms with E-state index in [0.29, 0.717) is 17.1 Å². The third kappa shape index (κ3) is 1.84. The van der Waals surface area contributed by atoms with Crippen molar-refractivity contribution >= 4 is 5.78 Å². The molecule has 4 fully saturated rings. The summed E-state index contributed by atoms with van der Waals surface area (Å²) in [7, 11) is 0. The van der Waals surface area contributed by atoms with Gasteiger partial charge in [0.15, 0.2) is 0 Å². The Labute approximate surface area is 128 Å². The molecule has 0 heterocycles. The maximum Gasteiger partial charge on any atom is 0.139 e. The Bertz CT molecular complexity index is 458. The van der Waals surface area contributed by atoms with Gasteiger partial charge in [0.2, 0.25) is 0 Å². The van der Waals surface area contributed by atoms with E-state index in [-0.39, 0.29) is 11.5 Å². The molecule has 0 aliphatic heterocycles. The van der Waals surface area contributed by atoms with Gasteiger partial charge < -0.3 is 5.11 Å². The number of ketones is 1. The van der Waals surface area contributed by atoms with Crippen LogP contribution in [0.3, 0.4) is 0 Å². The molecular formula is C19H30O2. The first-order chi connectivity index (χ1) is 9.95. The average molecular weight is 290 g/mol. The van der Waals surface area contributed by atoms with E-state index in [1.54, 1.807) is 0 Å². The monoisotopic (exact) mass is 290 g/mol. The predicted octanol–water partition coefficient (Wildman–Crippen LogP) is 3.96. The highest BCUT2D eigenvalue weighted by atomic mass is 16.3. The molecule has 21 heavy (non-hydrogen) atoms. The van der Waals surface area contributed by atoms with Crippen molar-refractivity contribution in [3.63, 3.8) is 0 Å². The summed E-state index contributed by atoms with van der Waals surface area (Å²) in [6.07, 6.45) is 10.1. The van der Waals surface area contributed by atoms with Crippen LogP contribution in [-0.4, -0.2) is 17.0 Å². The van der Waals surface area contributed by atoms with Crippen molar-refractivity contribution in [3.05, 3.63) is 0 Å². The Morgan fingerprint density at radius 1 is 1.00 bits per heavy atom. The Hall–Kier alpha value is -0.370. The van der Waals surface area contributed by atoms with Crippen molar-refractivity contribution in [2.24, 2.45) is 34.5 Å². The average Bonchev–Trinajstić information content (AvgIpc) is 2.76. The van der Waals surface area contributed by atoms with Gasteiger partial charge in [-0.15, -0.1) is 0 Å². The van der Waals surface area contributed by atoms with E-state index >= 15 is 0 Å². The van der Waals surface area contributed by atoms with Crippen LogP contribution in [0, 0.1) is 34.5 Å². The molecule has 0 aromatic heterocycles. The predicted molar refractivity (Wildman–Crippen MR) is 82.7 cm³/mol. The van der Waals surface area contributed by atoms with Crippen LogP contribution >= 0.6 is 0 Å². The van der Waals surface area contributed by atoms with Crippen LogP contribution in [0.4, 0.5) is 0 Å².